The monoisotopic (exact) mass is 292 g/mol. The number of fused-ring (bicyclic) bond motifs is 1. The fourth-order valence-electron chi connectivity index (χ4n) is 1.73. The number of Topliss-reactive ketones (excluding diaryl/α,β-unsaturated/α-hetero) is 1. The SMILES string of the molecule is COc1ccc2cc(C(=O)[C@H](C)Br)ccc2c1. The van der Waals surface area contributed by atoms with E-state index in [1.807, 2.05) is 43.3 Å². The molecule has 2 nitrogen and oxygen atoms in total. The smallest absolute Gasteiger partial charge is 0.176 e. The van der Waals surface area contributed by atoms with Crippen LogP contribution < -0.4 is 4.74 Å². The molecule has 2 rings (SSSR count). The van der Waals surface area contributed by atoms with Gasteiger partial charge in [0.1, 0.15) is 5.75 Å². The first-order valence-corrected chi connectivity index (χ1v) is 6.29. The Hall–Kier alpha value is -1.35. The first-order chi connectivity index (χ1) is 8.11. The topological polar surface area (TPSA) is 26.3 Å². The summed E-state index contributed by atoms with van der Waals surface area (Å²) in [5, 5.41) is 2.12. The van der Waals surface area contributed by atoms with Crippen LogP contribution in [-0.2, 0) is 0 Å². The highest BCUT2D eigenvalue weighted by Crippen LogP contribution is 2.23. The number of carbonyl (C=O) groups is 1. The largest absolute Gasteiger partial charge is 0.497 e. The van der Waals surface area contributed by atoms with E-state index in [0.717, 1.165) is 22.1 Å². The zero-order valence-corrected chi connectivity index (χ0v) is 11.3. The molecule has 1 atom stereocenters. The number of ether oxygens (including phenoxy) is 1. The molecule has 0 aliphatic heterocycles. The summed E-state index contributed by atoms with van der Waals surface area (Å²) < 4.78 is 5.16. The Kier molecular flexibility index (Phi) is 3.48. The Morgan fingerprint density at radius 2 is 1.82 bits per heavy atom. The molecule has 0 saturated carbocycles. The van der Waals surface area contributed by atoms with E-state index in [1.165, 1.54) is 0 Å². The van der Waals surface area contributed by atoms with Crippen LogP contribution >= 0.6 is 15.9 Å². The lowest BCUT2D eigenvalue weighted by Crippen LogP contribution is -2.09. The van der Waals surface area contributed by atoms with Crippen molar-refractivity contribution >= 4 is 32.5 Å². The van der Waals surface area contributed by atoms with E-state index in [2.05, 4.69) is 15.9 Å². The number of carbonyl (C=O) groups excluding carboxylic acids is 1. The molecule has 17 heavy (non-hydrogen) atoms. The fourth-order valence-corrected chi connectivity index (χ4v) is 2.00. The van der Waals surface area contributed by atoms with Gasteiger partial charge in [0.05, 0.1) is 11.9 Å². The molecule has 0 N–H and O–H groups in total. The average molecular weight is 293 g/mol. The van der Waals surface area contributed by atoms with Crippen LogP contribution in [0.4, 0.5) is 0 Å². The lowest BCUT2D eigenvalue weighted by molar-refractivity contribution is 0.0996. The molecule has 0 amide bonds. The average Bonchev–Trinajstić information content (AvgIpc) is 2.36. The summed E-state index contributed by atoms with van der Waals surface area (Å²) in [7, 11) is 1.64. The molecule has 0 unspecified atom stereocenters. The van der Waals surface area contributed by atoms with Crippen LogP contribution in [0.25, 0.3) is 10.8 Å². The number of benzene rings is 2. The van der Waals surface area contributed by atoms with Gasteiger partial charge < -0.3 is 4.74 Å². The Morgan fingerprint density at radius 1 is 1.18 bits per heavy atom. The van der Waals surface area contributed by atoms with Crippen LogP contribution in [0.2, 0.25) is 0 Å². The van der Waals surface area contributed by atoms with Crippen molar-refractivity contribution < 1.29 is 9.53 Å². The maximum Gasteiger partial charge on any atom is 0.176 e. The minimum atomic E-state index is -0.154. The number of alkyl halides is 1. The number of halogens is 1. The number of hydrogen-bond acceptors (Lipinski definition) is 2. The summed E-state index contributed by atoms with van der Waals surface area (Å²) in [5.74, 6) is 0.924. The Morgan fingerprint density at radius 3 is 2.47 bits per heavy atom. The molecule has 88 valence electrons. The van der Waals surface area contributed by atoms with Gasteiger partial charge in [-0.1, -0.05) is 34.1 Å². The Labute approximate surface area is 109 Å². The molecule has 0 bridgehead atoms. The van der Waals surface area contributed by atoms with Gasteiger partial charge in [-0.25, -0.2) is 0 Å². The molecule has 0 saturated heterocycles. The third kappa shape index (κ3) is 2.50. The van der Waals surface area contributed by atoms with E-state index >= 15 is 0 Å². The molecule has 3 heteroatoms. The molecule has 0 aliphatic carbocycles. The molecule has 0 radical (unpaired) electrons. The van der Waals surface area contributed by atoms with Crippen molar-refractivity contribution in [3.63, 3.8) is 0 Å². The van der Waals surface area contributed by atoms with Crippen LogP contribution in [0.5, 0.6) is 5.75 Å². The van der Waals surface area contributed by atoms with Gasteiger partial charge in [0.2, 0.25) is 0 Å². The van der Waals surface area contributed by atoms with Crippen LogP contribution in [0, 0.1) is 0 Å². The summed E-state index contributed by atoms with van der Waals surface area (Å²) >= 11 is 3.29. The molecule has 2 aromatic rings. The molecule has 2 aromatic carbocycles. The van der Waals surface area contributed by atoms with Gasteiger partial charge in [0.15, 0.2) is 5.78 Å². The van der Waals surface area contributed by atoms with Gasteiger partial charge in [0.25, 0.3) is 0 Å². The zero-order valence-electron chi connectivity index (χ0n) is 9.74. The van der Waals surface area contributed by atoms with E-state index in [1.54, 1.807) is 7.11 Å². The van der Waals surface area contributed by atoms with E-state index in [9.17, 15) is 4.79 Å². The third-order valence-corrected chi connectivity index (χ3v) is 3.11. The third-order valence-electron chi connectivity index (χ3n) is 2.69. The number of methoxy groups -OCH3 is 1. The quantitative estimate of drug-likeness (QED) is 0.635. The van der Waals surface area contributed by atoms with Gasteiger partial charge in [-0.15, -0.1) is 0 Å². The second-order valence-corrected chi connectivity index (χ2v) is 5.28. The molecule has 0 heterocycles. The summed E-state index contributed by atoms with van der Waals surface area (Å²) in [5.41, 5.74) is 0.729. The van der Waals surface area contributed by atoms with E-state index in [0.29, 0.717) is 0 Å². The number of rotatable bonds is 3. The van der Waals surface area contributed by atoms with E-state index in [4.69, 9.17) is 4.74 Å². The van der Waals surface area contributed by atoms with Crippen molar-refractivity contribution in [2.45, 2.75) is 11.8 Å². The number of hydrogen-bond donors (Lipinski definition) is 0. The zero-order chi connectivity index (χ0) is 12.4. The summed E-state index contributed by atoms with van der Waals surface area (Å²) in [6.07, 6.45) is 0. The highest BCUT2D eigenvalue weighted by Gasteiger charge is 2.12. The van der Waals surface area contributed by atoms with Crippen molar-refractivity contribution in [2.75, 3.05) is 7.11 Å². The van der Waals surface area contributed by atoms with Gasteiger partial charge in [0, 0.05) is 5.56 Å². The first-order valence-electron chi connectivity index (χ1n) is 5.38. The molecule has 0 spiro atoms. The predicted molar refractivity (Wildman–Crippen MR) is 73.2 cm³/mol. The van der Waals surface area contributed by atoms with Crippen molar-refractivity contribution in [3.05, 3.63) is 42.0 Å². The van der Waals surface area contributed by atoms with Gasteiger partial charge in [-0.2, -0.15) is 0 Å². The van der Waals surface area contributed by atoms with Crippen LogP contribution in [0.3, 0.4) is 0 Å². The second-order valence-electron chi connectivity index (χ2n) is 3.91. The predicted octanol–water partition coefficient (Wildman–Crippen LogP) is 3.81. The summed E-state index contributed by atoms with van der Waals surface area (Å²) in [6, 6.07) is 11.5. The second kappa shape index (κ2) is 4.88. The standard InChI is InChI=1S/C14H13BrO2/c1-9(15)14(16)12-4-3-11-8-13(17-2)6-5-10(11)7-12/h3-9H,1-2H3/t9-/m0/s1. The maximum absolute atomic E-state index is 11.8. The lowest BCUT2D eigenvalue weighted by Gasteiger charge is -2.06. The van der Waals surface area contributed by atoms with Crippen LogP contribution in [0.15, 0.2) is 36.4 Å². The fraction of sp³-hybridized carbons (Fsp3) is 0.214. The van der Waals surface area contributed by atoms with Gasteiger partial charge >= 0.3 is 0 Å². The van der Waals surface area contributed by atoms with Gasteiger partial charge in [-0.05, 0) is 35.9 Å². The van der Waals surface area contributed by atoms with Crippen molar-refractivity contribution in [2.24, 2.45) is 0 Å². The lowest BCUT2D eigenvalue weighted by atomic mass is 10.0. The minimum absolute atomic E-state index is 0.0997. The Balaban J connectivity index is 2.48. The van der Waals surface area contributed by atoms with Crippen molar-refractivity contribution in [3.8, 4) is 5.75 Å². The molecular formula is C14H13BrO2. The van der Waals surface area contributed by atoms with E-state index in [-0.39, 0.29) is 10.6 Å². The minimum Gasteiger partial charge on any atom is -0.497 e. The molecule has 0 fully saturated rings. The first kappa shape index (κ1) is 12.1. The van der Waals surface area contributed by atoms with Gasteiger partial charge in [-0.3, -0.25) is 4.79 Å². The van der Waals surface area contributed by atoms with Crippen LogP contribution in [0.1, 0.15) is 17.3 Å². The molecule has 0 aliphatic rings. The van der Waals surface area contributed by atoms with Crippen LogP contribution in [-0.4, -0.2) is 17.7 Å². The Bertz CT molecular complexity index is 561. The molecule has 0 aromatic heterocycles. The summed E-state index contributed by atoms with van der Waals surface area (Å²) in [6.45, 7) is 1.83. The van der Waals surface area contributed by atoms with Crippen molar-refractivity contribution in [1.29, 1.82) is 0 Å². The maximum atomic E-state index is 11.8. The summed E-state index contributed by atoms with van der Waals surface area (Å²) in [4.78, 5) is 11.7. The molecular weight excluding hydrogens is 280 g/mol. The van der Waals surface area contributed by atoms with Crippen molar-refractivity contribution in [1.82, 2.24) is 0 Å². The number of ketones is 1. The highest BCUT2D eigenvalue weighted by molar-refractivity contribution is 9.10. The highest BCUT2D eigenvalue weighted by atomic mass is 79.9. The normalized spacial score (nSPS) is 12.4. The van der Waals surface area contributed by atoms with E-state index < -0.39 is 0 Å².